The normalized spacial score (nSPS) is 10.6. The summed E-state index contributed by atoms with van der Waals surface area (Å²) in [5.41, 5.74) is -0.888. The lowest BCUT2D eigenvalue weighted by atomic mass is 10.7. The van der Waals surface area contributed by atoms with Crippen LogP contribution in [0, 0.1) is 10.1 Å². The van der Waals surface area contributed by atoms with E-state index in [0.29, 0.717) is 0 Å². The van der Waals surface area contributed by atoms with Crippen LogP contribution in [0.4, 0.5) is 5.82 Å². The first-order valence-electron chi connectivity index (χ1n) is 3.52. The average molecular weight is 196 g/mol. The van der Waals surface area contributed by atoms with E-state index in [4.69, 9.17) is 0 Å². The van der Waals surface area contributed by atoms with Crippen LogP contribution < -0.4 is 5.56 Å². The van der Waals surface area contributed by atoms with E-state index in [1.807, 2.05) is 0 Å². The zero-order chi connectivity index (χ0) is 10.3. The summed E-state index contributed by atoms with van der Waals surface area (Å²) < 4.78 is 1.94. The van der Waals surface area contributed by atoms with Crippen molar-refractivity contribution in [2.75, 3.05) is 0 Å². The molecule has 0 aliphatic carbocycles. The minimum Gasteiger partial charge on any atom is -0.358 e. The van der Waals surface area contributed by atoms with Crippen molar-refractivity contribution in [1.82, 2.24) is 24.4 Å². The standard InChI is InChI=1S/C5H4N6O3/c1-9-5-6-2-7-10(5)4(12)3(8-9)11(13)14/h2H,1H3. The van der Waals surface area contributed by atoms with Crippen LogP contribution in [-0.4, -0.2) is 29.3 Å². The highest BCUT2D eigenvalue weighted by molar-refractivity contribution is 5.27. The van der Waals surface area contributed by atoms with E-state index < -0.39 is 16.3 Å². The van der Waals surface area contributed by atoms with Crippen molar-refractivity contribution in [3.8, 4) is 0 Å². The van der Waals surface area contributed by atoms with Gasteiger partial charge in [-0.25, -0.2) is 0 Å². The zero-order valence-corrected chi connectivity index (χ0v) is 6.99. The number of nitrogens with zero attached hydrogens (tertiary/aromatic N) is 6. The summed E-state index contributed by atoms with van der Waals surface area (Å²) in [5, 5.41) is 17.4. The summed E-state index contributed by atoms with van der Waals surface area (Å²) in [6, 6.07) is 0. The van der Waals surface area contributed by atoms with Gasteiger partial charge in [0.15, 0.2) is 0 Å². The van der Waals surface area contributed by atoms with Crippen molar-refractivity contribution in [2.45, 2.75) is 0 Å². The van der Waals surface area contributed by atoms with Gasteiger partial charge in [0.1, 0.15) is 6.33 Å². The molecule has 2 aromatic heterocycles. The molecule has 0 aromatic carbocycles. The van der Waals surface area contributed by atoms with Gasteiger partial charge in [-0.15, -0.1) is 9.78 Å². The zero-order valence-electron chi connectivity index (χ0n) is 6.99. The molecule has 0 aliphatic heterocycles. The Balaban J connectivity index is 2.96. The molecule has 2 aromatic rings. The molecule has 14 heavy (non-hydrogen) atoms. The molecule has 0 atom stereocenters. The van der Waals surface area contributed by atoms with Gasteiger partial charge < -0.3 is 10.1 Å². The van der Waals surface area contributed by atoms with Crippen LogP contribution in [-0.2, 0) is 7.05 Å². The minimum absolute atomic E-state index is 0.153. The number of hydrogen-bond acceptors (Lipinski definition) is 6. The molecule has 0 amide bonds. The van der Waals surface area contributed by atoms with Gasteiger partial charge in [-0.1, -0.05) is 0 Å². The van der Waals surface area contributed by atoms with E-state index in [9.17, 15) is 14.9 Å². The van der Waals surface area contributed by atoms with Gasteiger partial charge in [0.2, 0.25) is 0 Å². The van der Waals surface area contributed by atoms with Gasteiger partial charge in [-0.3, -0.25) is 4.79 Å². The van der Waals surface area contributed by atoms with E-state index in [-0.39, 0.29) is 5.78 Å². The molecule has 0 saturated carbocycles. The first-order valence-corrected chi connectivity index (χ1v) is 3.52. The molecule has 0 fully saturated rings. The quantitative estimate of drug-likeness (QED) is 0.415. The van der Waals surface area contributed by atoms with Gasteiger partial charge in [-0.2, -0.15) is 9.50 Å². The number of aryl methyl sites for hydroxylation is 1. The van der Waals surface area contributed by atoms with E-state index >= 15 is 0 Å². The highest BCUT2D eigenvalue weighted by Crippen LogP contribution is 1.98. The van der Waals surface area contributed by atoms with Crippen LogP contribution >= 0.6 is 0 Å². The second kappa shape index (κ2) is 2.58. The molecule has 0 aliphatic rings. The molecule has 0 spiro atoms. The maximum atomic E-state index is 11.3. The van der Waals surface area contributed by atoms with Crippen LogP contribution in [0.5, 0.6) is 0 Å². The lowest BCUT2D eigenvalue weighted by Crippen LogP contribution is -2.23. The SMILES string of the molecule is Cn1nc([N+](=O)[O-])c(=O)n2ncnc12. The first kappa shape index (κ1) is 8.29. The van der Waals surface area contributed by atoms with Crippen LogP contribution in [0.1, 0.15) is 0 Å². The van der Waals surface area contributed by atoms with Crippen LogP contribution in [0.25, 0.3) is 5.78 Å². The Hall–Kier alpha value is -2.32. The van der Waals surface area contributed by atoms with E-state index in [1.165, 1.54) is 7.05 Å². The second-order valence-corrected chi connectivity index (χ2v) is 2.48. The molecule has 9 nitrogen and oxygen atoms in total. The Bertz CT molecular complexity index is 568. The van der Waals surface area contributed by atoms with Crippen molar-refractivity contribution in [3.05, 3.63) is 26.8 Å². The van der Waals surface area contributed by atoms with Crippen molar-refractivity contribution < 1.29 is 4.92 Å². The summed E-state index contributed by atoms with van der Waals surface area (Å²) in [7, 11) is 1.44. The van der Waals surface area contributed by atoms with Crippen LogP contribution in [0.3, 0.4) is 0 Å². The highest BCUT2D eigenvalue weighted by Gasteiger charge is 2.20. The molecular formula is C5H4N6O3. The van der Waals surface area contributed by atoms with Gasteiger partial charge in [0.05, 0.1) is 12.1 Å². The first-order chi connectivity index (χ1) is 6.61. The number of hydrogen-bond donors (Lipinski definition) is 0. The highest BCUT2D eigenvalue weighted by atomic mass is 16.6. The predicted octanol–water partition coefficient (Wildman–Crippen LogP) is -1.27. The Morgan fingerprint density at radius 3 is 2.93 bits per heavy atom. The Labute approximate surface area is 75.8 Å². The summed E-state index contributed by atoms with van der Waals surface area (Å²) >= 11 is 0. The second-order valence-electron chi connectivity index (χ2n) is 2.48. The third kappa shape index (κ3) is 0.952. The Morgan fingerprint density at radius 2 is 2.29 bits per heavy atom. The third-order valence-corrected chi connectivity index (χ3v) is 1.62. The van der Waals surface area contributed by atoms with Gasteiger partial charge in [0, 0.05) is 0 Å². The fourth-order valence-electron chi connectivity index (χ4n) is 1.04. The van der Waals surface area contributed by atoms with E-state index in [1.54, 1.807) is 0 Å². The molecule has 0 N–H and O–H groups in total. The average Bonchev–Trinajstić information content (AvgIpc) is 2.59. The molecule has 0 radical (unpaired) electrons. The molecule has 0 saturated heterocycles. The predicted molar refractivity (Wildman–Crippen MR) is 42.7 cm³/mol. The van der Waals surface area contributed by atoms with Gasteiger partial charge in [-0.05, 0) is 4.92 Å². The van der Waals surface area contributed by atoms with Crippen molar-refractivity contribution in [3.63, 3.8) is 0 Å². The van der Waals surface area contributed by atoms with Crippen molar-refractivity contribution in [1.29, 1.82) is 0 Å². The topological polar surface area (TPSA) is 108 Å². The van der Waals surface area contributed by atoms with Crippen molar-refractivity contribution in [2.24, 2.45) is 7.05 Å². The molecule has 2 rings (SSSR count). The smallest absolute Gasteiger partial charge is 0.358 e. The summed E-state index contributed by atoms with van der Waals surface area (Å²) in [4.78, 5) is 24.6. The number of nitro groups is 1. The van der Waals surface area contributed by atoms with Gasteiger partial charge >= 0.3 is 11.4 Å². The van der Waals surface area contributed by atoms with Crippen molar-refractivity contribution >= 4 is 11.6 Å². The summed E-state index contributed by atoms with van der Waals surface area (Å²) in [5.74, 6) is -0.619. The largest absolute Gasteiger partial charge is 0.455 e. The maximum Gasteiger partial charge on any atom is 0.455 e. The molecule has 72 valence electrons. The molecule has 2 heterocycles. The fraction of sp³-hybridized carbons (Fsp3) is 0.200. The Kier molecular flexibility index (Phi) is 1.53. The summed E-state index contributed by atoms with van der Waals surface area (Å²) in [6.45, 7) is 0. The Morgan fingerprint density at radius 1 is 1.57 bits per heavy atom. The summed E-state index contributed by atoms with van der Waals surface area (Å²) in [6.07, 6.45) is 1.13. The number of fused-ring (bicyclic) bond motifs is 1. The lowest BCUT2D eigenvalue weighted by molar-refractivity contribution is -0.392. The van der Waals surface area contributed by atoms with Crippen LogP contribution in [0.2, 0.25) is 0 Å². The van der Waals surface area contributed by atoms with Gasteiger partial charge in [0.25, 0.3) is 5.78 Å². The fourth-order valence-corrected chi connectivity index (χ4v) is 1.04. The lowest BCUT2D eigenvalue weighted by Gasteiger charge is -1.94. The molecule has 0 bridgehead atoms. The molecule has 9 heteroatoms. The monoisotopic (exact) mass is 196 g/mol. The maximum absolute atomic E-state index is 11.3. The number of rotatable bonds is 1. The van der Waals surface area contributed by atoms with E-state index in [2.05, 4.69) is 15.2 Å². The minimum atomic E-state index is -0.888. The van der Waals surface area contributed by atoms with E-state index in [0.717, 1.165) is 15.5 Å². The molecular weight excluding hydrogens is 192 g/mol. The third-order valence-electron chi connectivity index (χ3n) is 1.62. The number of aromatic nitrogens is 5. The molecule has 0 unspecified atom stereocenters. The van der Waals surface area contributed by atoms with Crippen LogP contribution in [0.15, 0.2) is 11.1 Å².